The molecule has 1 N–H and O–H groups in total. The van der Waals surface area contributed by atoms with E-state index in [1.54, 1.807) is 19.0 Å². The predicted molar refractivity (Wildman–Crippen MR) is 137 cm³/mol. The monoisotopic (exact) mass is 448 g/mol. The fourth-order valence-corrected chi connectivity index (χ4v) is 5.20. The van der Waals surface area contributed by atoms with E-state index in [2.05, 4.69) is 57.6 Å². The Morgan fingerprint density at radius 2 is 1.70 bits per heavy atom. The number of nitrogens with one attached hydrogen (secondary N) is 1. The third-order valence-corrected chi connectivity index (χ3v) is 7.24. The Kier molecular flexibility index (Phi) is 8.40. The number of rotatable bonds is 8. The Hall–Kier alpha value is -2.37. The molecule has 0 radical (unpaired) electrons. The molecular formula is C28H40N4O. The molecule has 0 bridgehead atoms. The molecule has 0 unspecified atom stereocenters. The molecule has 0 aromatic heterocycles. The van der Waals surface area contributed by atoms with E-state index in [-0.39, 0.29) is 5.91 Å². The summed E-state index contributed by atoms with van der Waals surface area (Å²) in [5.41, 5.74) is 3.43. The fraction of sp³-hybridized carbons (Fsp3) is 0.536. The van der Waals surface area contributed by atoms with E-state index in [1.165, 1.54) is 56.6 Å². The number of anilines is 1. The van der Waals surface area contributed by atoms with Crippen LogP contribution in [0, 0.1) is 5.92 Å². The van der Waals surface area contributed by atoms with Crippen LogP contribution >= 0.6 is 0 Å². The Morgan fingerprint density at radius 3 is 2.39 bits per heavy atom. The SMILES string of the molecule is CN(C)C(=O)c1ccc(N2CCC(NC[C@@H]3CCCN(CCc4ccccc4)C3)CC2)cc1. The minimum Gasteiger partial charge on any atom is -0.371 e. The maximum absolute atomic E-state index is 12.1. The van der Waals surface area contributed by atoms with Crippen LogP contribution in [-0.4, -0.2) is 75.1 Å². The van der Waals surface area contributed by atoms with Gasteiger partial charge in [0.15, 0.2) is 0 Å². The fourth-order valence-electron chi connectivity index (χ4n) is 5.20. The van der Waals surface area contributed by atoms with E-state index in [9.17, 15) is 4.79 Å². The summed E-state index contributed by atoms with van der Waals surface area (Å²) in [6, 6.07) is 19.6. The largest absolute Gasteiger partial charge is 0.371 e. The lowest BCUT2D eigenvalue weighted by atomic mass is 9.96. The summed E-state index contributed by atoms with van der Waals surface area (Å²) >= 11 is 0. The Bertz CT molecular complexity index is 859. The highest BCUT2D eigenvalue weighted by molar-refractivity contribution is 5.94. The first kappa shape index (κ1) is 23.8. The molecule has 1 atom stereocenters. The molecule has 4 rings (SSSR count). The van der Waals surface area contributed by atoms with Gasteiger partial charge in [-0.3, -0.25) is 4.79 Å². The molecule has 2 fully saturated rings. The standard InChI is InChI=1S/C28H40N4O/c1-30(2)28(33)25-10-12-27(13-11-25)32-19-15-26(16-20-32)29-21-24-9-6-17-31(22-24)18-14-23-7-4-3-5-8-23/h3-5,7-8,10-13,24,26,29H,6,9,14-22H2,1-2H3/t24-/m0/s1. The van der Waals surface area contributed by atoms with E-state index in [4.69, 9.17) is 0 Å². The molecule has 0 spiro atoms. The second-order valence-corrected chi connectivity index (χ2v) is 9.96. The summed E-state index contributed by atoms with van der Waals surface area (Å²) in [5, 5.41) is 3.89. The summed E-state index contributed by atoms with van der Waals surface area (Å²) < 4.78 is 0. The second kappa shape index (κ2) is 11.7. The quantitative estimate of drug-likeness (QED) is 0.665. The summed E-state index contributed by atoms with van der Waals surface area (Å²) in [6.45, 7) is 6.96. The topological polar surface area (TPSA) is 38.8 Å². The van der Waals surface area contributed by atoms with Crippen molar-refractivity contribution in [3.63, 3.8) is 0 Å². The van der Waals surface area contributed by atoms with Gasteiger partial charge in [-0.1, -0.05) is 30.3 Å². The van der Waals surface area contributed by atoms with Crippen molar-refractivity contribution in [3.8, 4) is 0 Å². The molecule has 2 aliphatic rings. The van der Waals surface area contributed by atoms with Crippen LogP contribution in [0.15, 0.2) is 54.6 Å². The number of hydrogen-bond donors (Lipinski definition) is 1. The third-order valence-electron chi connectivity index (χ3n) is 7.24. The van der Waals surface area contributed by atoms with Gasteiger partial charge in [-0.2, -0.15) is 0 Å². The van der Waals surface area contributed by atoms with Gasteiger partial charge in [0, 0.05) is 57.6 Å². The van der Waals surface area contributed by atoms with E-state index in [1.807, 2.05) is 12.1 Å². The third kappa shape index (κ3) is 6.81. The minimum absolute atomic E-state index is 0.0609. The summed E-state index contributed by atoms with van der Waals surface area (Å²) in [6.07, 6.45) is 6.20. The van der Waals surface area contributed by atoms with Crippen molar-refractivity contribution in [2.75, 3.05) is 58.3 Å². The van der Waals surface area contributed by atoms with Crippen molar-refractivity contribution in [3.05, 3.63) is 65.7 Å². The number of hydrogen-bond acceptors (Lipinski definition) is 4. The van der Waals surface area contributed by atoms with Gasteiger partial charge in [-0.25, -0.2) is 0 Å². The van der Waals surface area contributed by atoms with Gasteiger partial charge >= 0.3 is 0 Å². The molecule has 2 aromatic rings. The molecule has 2 aromatic carbocycles. The summed E-state index contributed by atoms with van der Waals surface area (Å²) in [4.78, 5) is 18.8. The van der Waals surface area contributed by atoms with E-state index in [0.717, 1.165) is 37.5 Å². The smallest absolute Gasteiger partial charge is 0.253 e. The number of benzene rings is 2. The predicted octanol–water partition coefficient (Wildman–Crippen LogP) is 3.90. The number of nitrogens with zero attached hydrogens (tertiary/aromatic N) is 3. The maximum atomic E-state index is 12.1. The van der Waals surface area contributed by atoms with Gasteiger partial charge < -0.3 is 20.0 Å². The van der Waals surface area contributed by atoms with Crippen LogP contribution < -0.4 is 10.2 Å². The molecule has 0 saturated carbocycles. The molecule has 0 aliphatic carbocycles. The molecule has 178 valence electrons. The lowest BCUT2D eigenvalue weighted by Crippen LogP contribution is -2.46. The first-order valence-corrected chi connectivity index (χ1v) is 12.6. The maximum Gasteiger partial charge on any atom is 0.253 e. The van der Waals surface area contributed by atoms with Crippen molar-refractivity contribution in [2.24, 2.45) is 5.92 Å². The lowest BCUT2D eigenvalue weighted by Gasteiger charge is -2.37. The molecule has 1 amide bonds. The minimum atomic E-state index is 0.0609. The highest BCUT2D eigenvalue weighted by Crippen LogP contribution is 2.22. The Labute approximate surface area is 199 Å². The second-order valence-electron chi connectivity index (χ2n) is 9.96. The highest BCUT2D eigenvalue weighted by Gasteiger charge is 2.23. The zero-order valence-electron chi connectivity index (χ0n) is 20.4. The average Bonchev–Trinajstić information content (AvgIpc) is 2.87. The summed E-state index contributed by atoms with van der Waals surface area (Å²) in [7, 11) is 3.59. The molecule has 5 nitrogen and oxygen atoms in total. The summed E-state index contributed by atoms with van der Waals surface area (Å²) in [5.74, 6) is 0.833. The normalized spacial score (nSPS) is 20.1. The van der Waals surface area contributed by atoms with Gasteiger partial charge in [0.05, 0.1) is 0 Å². The van der Waals surface area contributed by atoms with Crippen LogP contribution in [0.4, 0.5) is 5.69 Å². The first-order valence-electron chi connectivity index (χ1n) is 12.6. The van der Waals surface area contributed by atoms with Crippen LogP contribution in [0.1, 0.15) is 41.6 Å². The zero-order chi connectivity index (χ0) is 23.0. The van der Waals surface area contributed by atoms with Crippen molar-refractivity contribution < 1.29 is 4.79 Å². The van der Waals surface area contributed by atoms with Crippen LogP contribution in [0.25, 0.3) is 0 Å². The number of carbonyl (C=O) groups excluding carboxylic acids is 1. The first-order chi connectivity index (χ1) is 16.1. The number of carbonyl (C=O) groups is 1. The van der Waals surface area contributed by atoms with Crippen molar-refractivity contribution >= 4 is 11.6 Å². The molecule has 33 heavy (non-hydrogen) atoms. The molecule has 5 heteroatoms. The van der Waals surface area contributed by atoms with Crippen LogP contribution in [-0.2, 0) is 6.42 Å². The number of likely N-dealkylation sites (tertiary alicyclic amines) is 1. The van der Waals surface area contributed by atoms with Gasteiger partial charge in [0.1, 0.15) is 0 Å². The Morgan fingerprint density at radius 1 is 0.970 bits per heavy atom. The van der Waals surface area contributed by atoms with Gasteiger partial charge in [-0.05, 0) is 80.9 Å². The van der Waals surface area contributed by atoms with Crippen LogP contribution in [0.2, 0.25) is 0 Å². The lowest BCUT2D eigenvalue weighted by molar-refractivity contribution is 0.0827. The van der Waals surface area contributed by atoms with Crippen LogP contribution in [0.5, 0.6) is 0 Å². The number of piperidine rings is 2. The highest BCUT2D eigenvalue weighted by atomic mass is 16.2. The van der Waals surface area contributed by atoms with Crippen molar-refractivity contribution in [1.29, 1.82) is 0 Å². The molecule has 2 saturated heterocycles. The van der Waals surface area contributed by atoms with Crippen molar-refractivity contribution in [1.82, 2.24) is 15.1 Å². The zero-order valence-corrected chi connectivity index (χ0v) is 20.4. The Balaban J connectivity index is 1.17. The number of amides is 1. The van der Waals surface area contributed by atoms with E-state index in [0.29, 0.717) is 6.04 Å². The van der Waals surface area contributed by atoms with Gasteiger partial charge in [-0.15, -0.1) is 0 Å². The van der Waals surface area contributed by atoms with E-state index >= 15 is 0 Å². The molecule has 2 heterocycles. The van der Waals surface area contributed by atoms with Gasteiger partial charge in [0.2, 0.25) is 0 Å². The van der Waals surface area contributed by atoms with E-state index < -0.39 is 0 Å². The van der Waals surface area contributed by atoms with Crippen molar-refractivity contribution in [2.45, 2.75) is 38.1 Å². The van der Waals surface area contributed by atoms with Crippen LogP contribution in [0.3, 0.4) is 0 Å². The van der Waals surface area contributed by atoms with Gasteiger partial charge in [0.25, 0.3) is 5.91 Å². The molecular weight excluding hydrogens is 408 g/mol. The molecule has 2 aliphatic heterocycles. The average molecular weight is 449 g/mol.